The molecule has 3 rings (SSSR count). The molecule has 3 atom stereocenters. The molecule has 0 spiro atoms. The van der Waals surface area contributed by atoms with Crippen LogP contribution >= 0.6 is 0 Å². The van der Waals surface area contributed by atoms with E-state index in [9.17, 15) is 30.8 Å². The Hall–Kier alpha value is -2.62. The van der Waals surface area contributed by atoms with Gasteiger partial charge in [0.25, 0.3) is 0 Å². The van der Waals surface area contributed by atoms with Crippen LogP contribution in [0.25, 0.3) is 0 Å². The summed E-state index contributed by atoms with van der Waals surface area (Å²) in [5.41, 5.74) is -0.319. The quantitative estimate of drug-likeness (QED) is 0.571. The van der Waals surface area contributed by atoms with Crippen molar-refractivity contribution < 1.29 is 30.8 Å². The fourth-order valence-electron chi connectivity index (χ4n) is 4.03. The summed E-state index contributed by atoms with van der Waals surface area (Å²) in [6.07, 6.45) is -2.41. The van der Waals surface area contributed by atoms with Gasteiger partial charge in [0.2, 0.25) is 15.9 Å². The van der Waals surface area contributed by atoms with Crippen molar-refractivity contribution in [2.24, 2.45) is 5.92 Å². The van der Waals surface area contributed by atoms with Gasteiger partial charge in [-0.2, -0.15) is 13.2 Å². The number of alkyl halides is 3. The number of carbonyl (C=O) groups is 1. The Labute approximate surface area is 184 Å². The summed E-state index contributed by atoms with van der Waals surface area (Å²) < 4.78 is 77.4. The summed E-state index contributed by atoms with van der Waals surface area (Å²) in [6, 6.07) is 8.29. The number of anilines is 1. The lowest BCUT2D eigenvalue weighted by Crippen LogP contribution is -2.31. The van der Waals surface area contributed by atoms with E-state index in [0.717, 1.165) is 24.5 Å². The van der Waals surface area contributed by atoms with Crippen molar-refractivity contribution >= 4 is 21.6 Å². The van der Waals surface area contributed by atoms with Crippen LogP contribution < -0.4 is 10.0 Å². The molecule has 1 aliphatic rings. The van der Waals surface area contributed by atoms with Gasteiger partial charge in [-0.15, -0.1) is 0 Å². The highest BCUT2D eigenvalue weighted by Crippen LogP contribution is 2.57. The minimum Gasteiger partial charge on any atom is -0.349 e. The molecule has 0 aromatic heterocycles. The van der Waals surface area contributed by atoms with E-state index in [-0.39, 0.29) is 11.6 Å². The summed E-state index contributed by atoms with van der Waals surface area (Å²) >= 11 is 0. The summed E-state index contributed by atoms with van der Waals surface area (Å²) in [6.45, 7) is 3.56. The second kappa shape index (κ2) is 8.38. The van der Waals surface area contributed by atoms with Gasteiger partial charge in [-0.3, -0.25) is 9.52 Å². The van der Waals surface area contributed by atoms with Crippen LogP contribution in [0.15, 0.2) is 42.5 Å². The van der Waals surface area contributed by atoms with Gasteiger partial charge in [-0.1, -0.05) is 25.1 Å². The van der Waals surface area contributed by atoms with Crippen molar-refractivity contribution in [1.82, 2.24) is 5.32 Å². The number of hydrogen-bond donors (Lipinski definition) is 2. The number of amides is 1. The first-order valence-electron chi connectivity index (χ1n) is 10.0. The predicted molar refractivity (Wildman–Crippen MR) is 113 cm³/mol. The molecule has 2 aromatic carbocycles. The average Bonchev–Trinajstić information content (AvgIpc) is 3.44. The van der Waals surface area contributed by atoms with Gasteiger partial charge in [0.05, 0.1) is 23.5 Å². The Kier molecular flexibility index (Phi) is 6.29. The molecule has 1 fully saturated rings. The van der Waals surface area contributed by atoms with Crippen molar-refractivity contribution in [3.05, 3.63) is 65.0 Å². The van der Waals surface area contributed by atoms with E-state index in [0.29, 0.717) is 24.0 Å². The van der Waals surface area contributed by atoms with Crippen LogP contribution in [0.5, 0.6) is 0 Å². The first-order chi connectivity index (χ1) is 14.8. The molecule has 32 heavy (non-hydrogen) atoms. The smallest absolute Gasteiger partial charge is 0.349 e. The topological polar surface area (TPSA) is 75.3 Å². The van der Waals surface area contributed by atoms with Gasteiger partial charge in [-0.25, -0.2) is 12.8 Å². The van der Waals surface area contributed by atoms with E-state index < -0.39 is 45.0 Å². The molecular formula is C22H24F4N2O3S. The second-order valence-electron chi connectivity index (χ2n) is 8.19. The number of halogens is 4. The van der Waals surface area contributed by atoms with Crippen molar-refractivity contribution in [3.63, 3.8) is 0 Å². The first-order valence-corrected chi connectivity index (χ1v) is 11.9. The third kappa shape index (κ3) is 5.06. The van der Waals surface area contributed by atoms with Crippen molar-refractivity contribution in [2.75, 3.05) is 11.0 Å². The molecule has 1 aliphatic carbocycles. The Morgan fingerprint density at radius 2 is 1.81 bits per heavy atom. The number of sulfonamides is 1. The summed E-state index contributed by atoms with van der Waals surface area (Å²) in [4.78, 5) is 12.8. The molecule has 0 heterocycles. The highest BCUT2D eigenvalue weighted by atomic mass is 32.2. The van der Waals surface area contributed by atoms with Gasteiger partial charge in [0.15, 0.2) is 0 Å². The van der Waals surface area contributed by atoms with Crippen molar-refractivity contribution in [1.29, 1.82) is 0 Å². The zero-order valence-electron chi connectivity index (χ0n) is 17.8. The molecule has 0 saturated heterocycles. The lowest BCUT2D eigenvalue weighted by Gasteiger charge is -2.19. The minimum atomic E-state index is -4.42. The van der Waals surface area contributed by atoms with Crippen LogP contribution in [0.2, 0.25) is 0 Å². The molecule has 2 N–H and O–H groups in total. The number of carbonyl (C=O) groups excluding carboxylic acids is 1. The van der Waals surface area contributed by atoms with Crippen LogP contribution in [0.4, 0.5) is 23.2 Å². The summed E-state index contributed by atoms with van der Waals surface area (Å²) in [5.74, 6) is -1.44. The monoisotopic (exact) mass is 472 g/mol. The van der Waals surface area contributed by atoms with Crippen LogP contribution in [-0.2, 0) is 26.4 Å². The van der Waals surface area contributed by atoms with Crippen LogP contribution in [0.1, 0.15) is 49.4 Å². The minimum absolute atomic E-state index is 0.190. The van der Waals surface area contributed by atoms with Crippen molar-refractivity contribution in [3.8, 4) is 0 Å². The van der Waals surface area contributed by atoms with E-state index in [1.807, 2.05) is 6.92 Å². The van der Waals surface area contributed by atoms with E-state index in [1.54, 1.807) is 6.92 Å². The van der Waals surface area contributed by atoms with Gasteiger partial charge >= 0.3 is 6.18 Å². The Morgan fingerprint density at radius 1 is 1.19 bits per heavy atom. The molecule has 1 amide bonds. The Balaban J connectivity index is 1.70. The summed E-state index contributed by atoms with van der Waals surface area (Å²) in [7, 11) is -3.63. The number of rotatable bonds is 7. The van der Waals surface area contributed by atoms with Crippen LogP contribution in [-0.4, -0.2) is 20.6 Å². The largest absolute Gasteiger partial charge is 0.416 e. The molecule has 10 heteroatoms. The number of hydrogen-bond acceptors (Lipinski definition) is 3. The average molecular weight is 473 g/mol. The van der Waals surface area contributed by atoms with Gasteiger partial charge in [0, 0.05) is 11.3 Å². The van der Waals surface area contributed by atoms with E-state index in [1.165, 1.54) is 24.3 Å². The van der Waals surface area contributed by atoms with Crippen LogP contribution in [0.3, 0.4) is 0 Å². The molecule has 2 aromatic rings. The lowest BCUT2D eigenvalue weighted by molar-refractivity contribution is -0.137. The molecule has 0 aliphatic heterocycles. The van der Waals surface area contributed by atoms with E-state index in [4.69, 9.17) is 0 Å². The van der Waals surface area contributed by atoms with Gasteiger partial charge < -0.3 is 5.32 Å². The van der Waals surface area contributed by atoms with E-state index >= 15 is 0 Å². The fourth-order valence-corrected chi connectivity index (χ4v) is 4.60. The molecule has 0 radical (unpaired) electrons. The second-order valence-corrected chi connectivity index (χ2v) is 9.93. The van der Waals surface area contributed by atoms with Gasteiger partial charge in [0.1, 0.15) is 5.82 Å². The molecule has 1 saturated carbocycles. The molecule has 0 bridgehead atoms. The molecule has 174 valence electrons. The predicted octanol–water partition coefficient (Wildman–Crippen LogP) is 4.76. The molecule has 3 unspecified atom stereocenters. The van der Waals surface area contributed by atoms with Crippen LogP contribution in [0, 0.1) is 11.7 Å². The maximum absolute atomic E-state index is 14.2. The first kappa shape index (κ1) is 24.0. The third-order valence-corrected chi connectivity index (χ3v) is 6.55. The highest BCUT2D eigenvalue weighted by molar-refractivity contribution is 7.92. The number of nitrogens with one attached hydrogen (secondary N) is 2. The van der Waals surface area contributed by atoms with E-state index in [2.05, 4.69) is 10.0 Å². The standard InChI is InChI=1S/C22H24F4N2O3S/c1-4-21(15-6-8-16(9-7-15)22(24,25)26)12-17(21)20(29)27-13(2)14-5-10-19(18(23)11-14)28-32(3,30)31/h5-11,13,17,28H,4,12H2,1-3H3,(H,27,29). The summed E-state index contributed by atoms with van der Waals surface area (Å²) in [5, 5.41) is 2.82. The molecular weight excluding hydrogens is 448 g/mol. The molecule has 5 nitrogen and oxygen atoms in total. The fraction of sp³-hybridized carbons (Fsp3) is 0.409. The zero-order chi connectivity index (χ0) is 23.9. The maximum atomic E-state index is 14.2. The number of benzene rings is 2. The SMILES string of the molecule is CCC1(c2ccc(C(F)(F)F)cc2)CC1C(=O)NC(C)c1ccc(NS(C)(=O)=O)c(F)c1. The Bertz CT molecular complexity index is 1120. The third-order valence-electron chi connectivity index (χ3n) is 5.96. The lowest BCUT2D eigenvalue weighted by atomic mass is 9.89. The maximum Gasteiger partial charge on any atom is 0.416 e. The normalized spacial score (nSPS) is 21.7. The zero-order valence-corrected chi connectivity index (χ0v) is 18.6. The van der Waals surface area contributed by atoms with Gasteiger partial charge in [-0.05, 0) is 55.2 Å². The Morgan fingerprint density at radius 3 is 2.31 bits per heavy atom. The van der Waals surface area contributed by atoms with Crippen molar-refractivity contribution in [2.45, 2.75) is 44.3 Å². The highest BCUT2D eigenvalue weighted by Gasteiger charge is 2.57.